The average Bonchev–Trinajstić information content (AvgIpc) is 2.16. The third-order valence-electron chi connectivity index (χ3n) is 3.43. The summed E-state index contributed by atoms with van der Waals surface area (Å²) in [5.74, 6) is 0. The lowest BCUT2D eigenvalue weighted by Crippen LogP contribution is -2.44. The smallest absolute Gasteiger partial charge is 0.0718 e. The Morgan fingerprint density at radius 2 is 2.12 bits per heavy atom. The first-order valence-electron chi connectivity index (χ1n) is 6.54. The molecule has 1 rings (SSSR count). The number of nitrogens with zero attached hydrogens (tertiary/aromatic N) is 1. The zero-order valence-corrected chi connectivity index (χ0v) is 11.3. The van der Waals surface area contributed by atoms with E-state index in [1.54, 1.807) is 0 Å². The van der Waals surface area contributed by atoms with Crippen molar-refractivity contribution in [3.63, 3.8) is 0 Å². The van der Waals surface area contributed by atoms with Crippen molar-refractivity contribution in [1.29, 1.82) is 0 Å². The van der Waals surface area contributed by atoms with E-state index >= 15 is 0 Å². The summed E-state index contributed by atoms with van der Waals surface area (Å²) in [5.41, 5.74) is -0.594. The number of nitrogens with one attached hydrogen (secondary N) is 1. The zero-order chi connectivity index (χ0) is 12.2. The van der Waals surface area contributed by atoms with Crippen molar-refractivity contribution in [3.05, 3.63) is 0 Å². The third kappa shape index (κ3) is 5.28. The molecule has 0 aromatic heterocycles. The van der Waals surface area contributed by atoms with Gasteiger partial charge in [-0.15, -0.1) is 0 Å². The molecule has 3 heteroatoms. The van der Waals surface area contributed by atoms with Gasteiger partial charge in [0, 0.05) is 18.6 Å². The summed E-state index contributed by atoms with van der Waals surface area (Å²) in [6, 6.07) is 1.20. The van der Waals surface area contributed by atoms with Crippen molar-refractivity contribution in [2.24, 2.45) is 0 Å². The van der Waals surface area contributed by atoms with Gasteiger partial charge in [0.15, 0.2) is 0 Å². The third-order valence-corrected chi connectivity index (χ3v) is 3.43. The summed E-state index contributed by atoms with van der Waals surface area (Å²) in [6.45, 7) is 7.90. The van der Waals surface area contributed by atoms with Gasteiger partial charge < -0.3 is 15.3 Å². The van der Waals surface area contributed by atoms with Gasteiger partial charge in [0.05, 0.1) is 5.60 Å². The van der Waals surface area contributed by atoms with E-state index in [-0.39, 0.29) is 0 Å². The predicted octanol–water partition coefficient (Wildman–Crippen LogP) is 1.61. The lowest BCUT2D eigenvalue weighted by atomic mass is 9.97. The van der Waals surface area contributed by atoms with E-state index in [1.165, 1.54) is 32.2 Å². The molecule has 1 fully saturated rings. The van der Waals surface area contributed by atoms with Crippen LogP contribution in [0.2, 0.25) is 0 Å². The molecule has 2 atom stereocenters. The Labute approximate surface area is 100 Å². The molecule has 0 saturated carbocycles. The lowest BCUT2D eigenvalue weighted by Gasteiger charge is -2.34. The van der Waals surface area contributed by atoms with Gasteiger partial charge in [0.1, 0.15) is 0 Å². The Kier molecular flexibility index (Phi) is 5.22. The van der Waals surface area contributed by atoms with Crippen LogP contribution in [-0.2, 0) is 0 Å². The van der Waals surface area contributed by atoms with Gasteiger partial charge >= 0.3 is 0 Å². The highest BCUT2D eigenvalue weighted by Crippen LogP contribution is 2.15. The van der Waals surface area contributed by atoms with E-state index in [0.29, 0.717) is 12.1 Å². The topological polar surface area (TPSA) is 35.5 Å². The highest BCUT2D eigenvalue weighted by atomic mass is 16.3. The summed E-state index contributed by atoms with van der Waals surface area (Å²) in [6.07, 6.45) is 5.18. The minimum atomic E-state index is -0.594. The van der Waals surface area contributed by atoms with Crippen LogP contribution >= 0.6 is 0 Å². The predicted molar refractivity (Wildman–Crippen MR) is 68.6 cm³/mol. The fraction of sp³-hybridized carbons (Fsp3) is 1.00. The van der Waals surface area contributed by atoms with Crippen LogP contribution in [-0.4, -0.2) is 47.8 Å². The average molecular weight is 228 g/mol. The molecule has 96 valence electrons. The van der Waals surface area contributed by atoms with Gasteiger partial charge in [-0.2, -0.15) is 0 Å². The molecular weight excluding hydrogens is 200 g/mol. The van der Waals surface area contributed by atoms with Gasteiger partial charge in [0.25, 0.3) is 0 Å². The molecule has 1 saturated heterocycles. The minimum absolute atomic E-state index is 0.530. The maximum atomic E-state index is 9.79. The monoisotopic (exact) mass is 228 g/mol. The highest BCUT2D eigenvalue weighted by molar-refractivity contribution is 4.80. The number of aliphatic hydroxyl groups is 1. The summed E-state index contributed by atoms with van der Waals surface area (Å²) in [4.78, 5) is 2.26. The number of hydrogen-bond donors (Lipinski definition) is 2. The van der Waals surface area contributed by atoms with Gasteiger partial charge in [0.2, 0.25) is 0 Å². The second kappa shape index (κ2) is 5.99. The van der Waals surface area contributed by atoms with Crippen LogP contribution in [0.4, 0.5) is 0 Å². The molecule has 1 heterocycles. The standard InChI is InChI=1S/C13H28N2O/c1-11(15(4)10-13(2,3)16)9-12-7-5-6-8-14-12/h11-12,14,16H,5-10H2,1-4H3. The molecule has 0 aliphatic carbocycles. The number of hydrogen-bond acceptors (Lipinski definition) is 3. The number of rotatable bonds is 5. The van der Waals surface area contributed by atoms with Gasteiger partial charge in [-0.3, -0.25) is 0 Å². The molecule has 0 amide bonds. The van der Waals surface area contributed by atoms with Crippen molar-refractivity contribution in [3.8, 4) is 0 Å². The second-order valence-corrected chi connectivity index (χ2v) is 5.96. The Morgan fingerprint density at radius 1 is 1.44 bits per heavy atom. The molecule has 3 nitrogen and oxygen atoms in total. The van der Waals surface area contributed by atoms with E-state index in [1.807, 2.05) is 13.8 Å². The van der Waals surface area contributed by atoms with Crippen LogP contribution in [0.1, 0.15) is 46.5 Å². The van der Waals surface area contributed by atoms with E-state index in [4.69, 9.17) is 0 Å². The lowest BCUT2D eigenvalue weighted by molar-refractivity contribution is 0.0306. The Hall–Kier alpha value is -0.120. The summed E-state index contributed by atoms with van der Waals surface area (Å²) in [7, 11) is 2.10. The number of piperidine rings is 1. The van der Waals surface area contributed by atoms with Crippen molar-refractivity contribution < 1.29 is 5.11 Å². The highest BCUT2D eigenvalue weighted by Gasteiger charge is 2.22. The molecule has 0 aromatic rings. The maximum absolute atomic E-state index is 9.79. The van der Waals surface area contributed by atoms with Crippen molar-refractivity contribution in [2.75, 3.05) is 20.1 Å². The van der Waals surface area contributed by atoms with Crippen molar-refractivity contribution in [2.45, 2.75) is 64.1 Å². The maximum Gasteiger partial charge on any atom is 0.0718 e. The zero-order valence-electron chi connectivity index (χ0n) is 11.3. The van der Waals surface area contributed by atoms with Gasteiger partial charge in [-0.25, -0.2) is 0 Å². The van der Waals surface area contributed by atoms with Crippen molar-refractivity contribution in [1.82, 2.24) is 10.2 Å². The molecule has 1 aliphatic heterocycles. The molecule has 2 unspecified atom stereocenters. The van der Waals surface area contributed by atoms with E-state index in [0.717, 1.165) is 6.54 Å². The fourth-order valence-electron chi connectivity index (χ4n) is 2.48. The summed E-state index contributed by atoms with van der Waals surface area (Å²) >= 11 is 0. The van der Waals surface area contributed by atoms with Crippen LogP contribution in [0.25, 0.3) is 0 Å². The van der Waals surface area contributed by atoms with Crippen LogP contribution in [0.5, 0.6) is 0 Å². The molecular formula is C13H28N2O. The van der Waals surface area contributed by atoms with Crippen molar-refractivity contribution >= 4 is 0 Å². The summed E-state index contributed by atoms with van der Waals surface area (Å²) < 4.78 is 0. The molecule has 1 aliphatic rings. The Morgan fingerprint density at radius 3 is 2.62 bits per heavy atom. The fourth-order valence-corrected chi connectivity index (χ4v) is 2.48. The quantitative estimate of drug-likeness (QED) is 0.750. The van der Waals surface area contributed by atoms with Crippen LogP contribution in [0.3, 0.4) is 0 Å². The SMILES string of the molecule is CC(CC1CCCCN1)N(C)CC(C)(C)O. The second-order valence-electron chi connectivity index (χ2n) is 5.96. The first kappa shape index (κ1) is 13.9. The Bertz CT molecular complexity index is 195. The normalized spacial score (nSPS) is 24.8. The van der Waals surface area contributed by atoms with E-state index < -0.39 is 5.60 Å². The molecule has 2 N–H and O–H groups in total. The molecule has 0 radical (unpaired) electrons. The summed E-state index contributed by atoms with van der Waals surface area (Å²) in [5, 5.41) is 13.4. The molecule has 0 aromatic carbocycles. The largest absolute Gasteiger partial charge is 0.389 e. The van der Waals surface area contributed by atoms with Crippen LogP contribution in [0.15, 0.2) is 0 Å². The van der Waals surface area contributed by atoms with Gasteiger partial charge in [-0.1, -0.05) is 6.42 Å². The molecule has 16 heavy (non-hydrogen) atoms. The number of likely N-dealkylation sites (N-methyl/N-ethyl adjacent to an activating group) is 1. The molecule has 0 bridgehead atoms. The van der Waals surface area contributed by atoms with Crippen LogP contribution in [0, 0.1) is 0 Å². The first-order chi connectivity index (χ1) is 7.38. The van der Waals surface area contributed by atoms with Gasteiger partial charge in [-0.05, 0) is 53.6 Å². The van der Waals surface area contributed by atoms with E-state index in [9.17, 15) is 5.11 Å². The Balaban J connectivity index is 2.29. The first-order valence-corrected chi connectivity index (χ1v) is 6.54. The van der Waals surface area contributed by atoms with E-state index in [2.05, 4.69) is 24.2 Å². The molecule has 0 spiro atoms. The van der Waals surface area contributed by atoms with Crippen LogP contribution < -0.4 is 5.32 Å². The minimum Gasteiger partial charge on any atom is -0.389 e.